The molecule has 0 aliphatic heterocycles. The maximum Gasteiger partial charge on any atom is 0.363 e. The minimum Gasteiger partial charge on any atom is -0.492 e. The molecule has 2 heterocycles. The maximum atomic E-state index is 14.3. The summed E-state index contributed by atoms with van der Waals surface area (Å²) in [7, 11) is -4.70. The summed E-state index contributed by atoms with van der Waals surface area (Å²) in [6.45, 7) is 3.90. The lowest BCUT2D eigenvalue weighted by atomic mass is 10.0. The Morgan fingerprint density at radius 3 is 2.00 bits per heavy atom. The first-order chi connectivity index (χ1) is 25.2. The second-order valence-electron chi connectivity index (χ2n) is 13.5. The second kappa shape index (κ2) is 15.6. The van der Waals surface area contributed by atoms with Crippen molar-refractivity contribution in [2.75, 3.05) is 38.9 Å². The summed E-state index contributed by atoms with van der Waals surface area (Å²) in [5, 5.41) is 20.6. The lowest BCUT2D eigenvalue weighted by Gasteiger charge is -2.29. The number of ether oxygens (including phenoxy) is 2. The molecule has 16 nitrogen and oxygen atoms in total. The van der Waals surface area contributed by atoms with E-state index in [-0.39, 0.29) is 47.5 Å². The molecule has 0 saturated heterocycles. The number of carbonyl (C=O) groups excluding carboxylic acids is 2. The largest absolute Gasteiger partial charge is 0.492 e. The van der Waals surface area contributed by atoms with Crippen molar-refractivity contribution < 1.29 is 69.1 Å². The number of benzene rings is 3. The lowest BCUT2D eigenvalue weighted by molar-refractivity contribution is -0.905. The van der Waals surface area contributed by atoms with Crippen LogP contribution in [0.3, 0.4) is 0 Å². The van der Waals surface area contributed by atoms with Crippen LogP contribution in [0.4, 0.5) is 0 Å². The van der Waals surface area contributed by atoms with Crippen LogP contribution in [0, 0.1) is 13.8 Å². The summed E-state index contributed by atoms with van der Waals surface area (Å²) in [6.07, 6.45) is 0.260. The van der Waals surface area contributed by atoms with E-state index in [1.807, 2.05) is 18.7 Å². The van der Waals surface area contributed by atoms with Crippen molar-refractivity contribution >= 4 is 54.0 Å². The van der Waals surface area contributed by atoms with Crippen LogP contribution >= 0.6 is 0 Å². The SMILES string of the molecule is Cc1cc(C(=O)On2c(O)ccc2O)cc(C)c1OC(=O)c1c2ccccc2[n+](CCCS(=O)(=O)O)c2ccc(OC[N+](C)(C)CCCS(=O)(=O)O)cc12. The van der Waals surface area contributed by atoms with Crippen LogP contribution in [-0.2, 0) is 26.8 Å². The fraction of sp³-hybridized carbons (Fsp3) is 0.306. The number of aromatic hydroxyl groups is 2. The van der Waals surface area contributed by atoms with Gasteiger partial charge in [0.1, 0.15) is 11.5 Å². The molecule has 3 aromatic carbocycles. The molecular formula is C36H41N3O13S2+2. The number of hydrogen-bond donors (Lipinski definition) is 4. The van der Waals surface area contributed by atoms with Gasteiger partial charge in [-0.05, 0) is 55.3 Å². The highest BCUT2D eigenvalue weighted by Gasteiger charge is 2.28. The summed E-state index contributed by atoms with van der Waals surface area (Å²) >= 11 is 0. The topological polar surface area (TPSA) is 220 Å². The summed E-state index contributed by atoms with van der Waals surface area (Å²) in [6, 6.07) is 17.2. The third-order valence-corrected chi connectivity index (χ3v) is 10.2. The fourth-order valence-electron chi connectivity index (χ4n) is 6.09. The van der Waals surface area contributed by atoms with Gasteiger partial charge in [0, 0.05) is 37.1 Å². The van der Waals surface area contributed by atoms with Gasteiger partial charge in [-0.25, -0.2) is 9.59 Å². The van der Waals surface area contributed by atoms with E-state index in [0.29, 0.717) is 50.0 Å². The van der Waals surface area contributed by atoms with Gasteiger partial charge in [-0.2, -0.15) is 21.4 Å². The zero-order valence-corrected chi connectivity index (χ0v) is 31.6. The number of hydrogen-bond acceptors (Lipinski definition) is 11. The third kappa shape index (κ3) is 9.63. The van der Waals surface area contributed by atoms with E-state index in [2.05, 4.69) is 0 Å². The zero-order chi connectivity index (χ0) is 39.6. The minimum absolute atomic E-state index is 0.0555. The van der Waals surface area contributed by atoms with Crippen LogP contribution in [-0.4, -0.2) is 96.2 Å². The van der Waals surface area contributed by atoms with E-state index in [1.54, 1.807) is 56.3 Å². The molecule has 5 rings (SSSR count). The molecule has 0 spiro atoms. The van der Waals surface area contributed by atoms with Crippen molar-refractivity contribution in [3.8, 4) is 23.3 Å². The lowest BCUT2D eigenvalue weighted by Crippen LogP contribution is -2.44. The molecule has 288 valence electrons. The van der Waals surface area contributed by atoms with Crippen LogP contribution < -0.4 is 18.9 Å². The first-order valence-electron chi connectivity index (χ1n) is 16.6. The molecule has 0 saturated carbocycles. The van der Waals surface area contributed by atoms with E-state index < -0.39 is 55.4 Å². The van der Waals surface area contributed by atoms with Gasteiger partial charge in [0.25, 0.3) is 20.2 Å². The monoisotopic (exact) mass is 787 g/mol. The Morgan fingerprint density at radius 1 is 0.778 bits per heavy atom. The number of para-hydroxylation sites is 1. The zero-order valence-electron chi connectivity index (χ0n) is 29.9. The third-order valence-electron chi connectivity index (χ3n) is 8.59. The quantitative estimate of drug-likeness (QED) is 0.0227. The molecule has 4 N–H and O–H groups in total. The summed E-state index contributed by atoms with van der Waals surface area (Å²) in [4.78, 5) is 32.3. The number of nitrogens with zero attached hydrogens (tertiary/aromatic N) is 3. The van der Waals surface area contributed by atoms with Gasteiger partial charge in [0.05, 0.1) is 54.0 Å². The van der Waals surface area contributed by atoms with Crippen molar-refractivity contribution in [1.29, 1.82) is 0 Å². The molecule has 54 heavy (non-hydrogen) atoms. The highest BCUT2D eigenvalue weighted by Crippen LogP contribution is 2.32. The molecular weight excluding hydrogens is 747 g/mol. The predicted molar refractivity (Wildman–Crippen MR) is 196 cm³/mol. The Bertz CT molecular complexity index is 2430. The van der Waals surface area contributed by atoms with E-state index in [9.17, 15) is 41.2 Å². The summed E-state index contributed by atoms with van der Waals surface area (Å²) < 4.78 is 78.9. The van der Waals surface area contributed by atoms with Gasteiger partial charge < -0.3 is 24.5 Å². The number of aromatic nitrogens is 2. The molecule has 0 aliphatic carbocycles. The summed E-state index contributed by atoms with van der Waals surface area (Å²) in [5.41, 5.74) is 2.15. The number of rotatable bonds is 15. The Balaban J connectivity index is 1.53. The molecule has 0 radical (unpaired) electrons. The Kier molecular flexibility index (Phi) is 11.5. The van der Waals surface area contributed by atoms with Crippen LogP contribution in [0.5, 0.6) is 23.3 Å². The van der Waals surface area contributed by atoms with Crippen LogP contribution in [0.25, 0.3) is 21.8 Å². The van der Waals surface area contributed by atoms with Crippen molar-refractivity contribution in [3.05, 3.63) is 89.0 Å². The molecule has 5 aromatic rings. The fourth-order valence-corrected chi connectivity index (χ4v) is 7.08. The normalized spacial score (nSPS) is 12.3. The number of quaternary nitrogens is 1. The van der Waals surface area contributed by atoms with Gasteiger partial charge in [0.2, 0.25) is 29.5 Å². The molecule has 0 atom stereocenters. The number of esters is 1. The minimum atomic E-state index is -4.24. The summed E-state index contributed by atoms with van der Waals surface area (Å²) in [5.74, 6) is -2.97. The molecule has 0 fully saturated rings. The number of carbonyl (C=O) groups is 2. The average Bonchev–Trinajstić information content (AvgIpc) is 3.39. The smallest absolute Gasteiger partial charge is 0.363 e. The molecule has 0 bridgehead atoms. The molecule has 2 aromatic heterocycles. The van der Waals surface area contributed by atoms with Gasteiger partial charge in [-0.3, -0.25) is 13.6 Å². The molecule has 18 heteroatoms. The Hall–Kier alpha value is -5.27. The molecule has 0 amide bonds. The number of aryl methyl sites for hydroxylation is 3. The van der Waals surface area contributed by atoms with Crippen molar-refractivity contribution in [3.63, 3.8) is 0 Å². The van der Waals surface area contributed by atoms with Crippen molar-refractivity contribution in [1.82, 2.24) is 4.73 Å². The van der Waals surface area contributed by atoms with E-state index >= 15 is 0 Å². The molecule has 0 aliphatic rings. The van der Waals surface area contributed by atoms with Crippen LogP contribution in [0.2, 0.25) is 0 Å². The van der Waals surface area contributed by atoms with Gasteiger partial charge in [0.15, 0.2) is 6.54 Å². The van der Waals surface area contributed by atoms with E-state index in [4.69, 9.17) is 18.9 Å². The number of pyridine rings is 1. The van der Waals surface area contributed by atoms with Gasteiger partial charge in [-0.1, -0.05) is 12.1 Å². The Labute approximate surface area is 311 Å². The Morgan fingerprint density at radius 2 is 1.37 bits per heavy atom. The van der Waals surface area contributed by atoms with Gasteiger partial charge in [-0.15, -0.1) is 4.73 Å². The first-order valence-corrected chi connectivity index (χ1v) is 19.8. The molecule has 0 unspecified atom stereocenters. The van der Waals surface area contributed by atoms with E-state index in [1.165, 1.54) is 12.1 Å². The van der Waals surface area contributed by atoms with E-state index in [0.717, 1.165) is 12.1 Å². The number of fused-ring (bicyclic) bond motifs is 2. The predicted octanol–water partition coefficient (Wildman–Crippen LogP) is 3.57. The average molecular weight is 788 g/mol. The maximum absolute atomic E-state index is 14.3. The van der Waals surface area contributed by atoms with Crippen LogP contribution in [0.15, 0.2) is 66.7 Å². The standard InChI is InChI=1S/C36H39N3O13S2/c1-23-19-25(35(42)52-38-31(40)13-14-32(38)41)20-24(2)34(23)51-36(43)33-27-9-5-6-10-29(27)37(15-7-17-53(44,45)46)30-12-11-26(21-28(30)33)50-22-39(3,4)16-8-18-54(47,48)49/h5-6,9-14,19-21H,7-8,15-18,22H2,1-4H3,(H2-,43,44,45,46,47,48,49)/p+2. The van der Waals surface area contributed by atoms with Crippen molar-refractivity contribution in [2.45, 2.75) is 33.2 Å². The van der Waals surface area contributed by atoms with Crippen LogP contribution in [0.1, 0.15) is 44.7 Å². The highest BCUT2D eigenvalue weighted by molar-refractivity contribution is 7.86. The van der Waals surface area contributed by atoms with Crippen molar-refractivity contribution in [2.24, 2.45) is 0 Å². The first kappa shape index (κ1) is 39.9. The van der Waals surface area contributed by atoms with Gasteiger partial charge >= 0.3 is 11.9 Å². The second-order valence-corrected chi connectivity index (χ2v) is 16.6. The highest BCUT2D eigenvalue weighted by atomic mass is 32.2.